The zero-order valence-electron chi connectivity index (χ0n) is 8.90. The van der Waals surface area contributed by atoms with Gasteiger partial charge in [0.05, 0.1) is 6.54 Å². The summed E-state index contributed by atoms with van der Waals surface area (Å²) in [6, 6.07) is 0. The molecule has 86 valence electrons. The van der Waals surface area contributed by atoms with Crippen molar-refractivity contribution >= 4 is 10.2 Å². The number of nitrogens with one attached hydrogen (secondary N) is 2. The summed E-state index contributed by atoms with van der Waals surface area (Å²) in [7, 11) is -1.86. The average Bonchev–Trinajstić information content (AvgIpc) is 2.67. The third kappa shape index (κ3) is 3.61. The van der Waals surface area contributed by atoms with E-state index < -0.39 is 10.2 Å². The van der Waals surface area contributed by atoms with Crippen molar-refractivity contribution in [2.75, 3.05) is 13.6 Å². The van der Waals surface area contributed by atoms with Gasteiger partial charge in [-0.25, -0.2) is 9.71 Å². The van der Waals surface area contributed by atoms with Crippen LogP contribution in [0.2, 0.25) is 0 Å². The normalized spacial score (nSPS) is 12.2. The van der Waals surface area contributed by atoms with Crippen LogP contribution < -0.4 is 4.72 Å². The van der Waals surface area contributed by atoms with Crippen LogP contribution in [-0.4, -0.2) is 36.3 Å². The minimum absolute atomic E-state index is 0.242. The van der Waals surface area contributed by atoms with Crippen LogP contribution >= 0.6 is 0 Å². The molecule has 0 aliphatic rings. The summed E-state index contributed by atoms with van der Waals surface area (Å²) in [5, 5.41) is 0. The highest BCUT2D eigenvalue weighted by Crippen LogP contribution is 2.00. The Morgan fingerprint density at radius 2 is 2.33 bits per heavy atom. The van der Waals surface area contributed by atoms with E-state index in [-0.39, 0.29) is 6.54 Å². The van der Waals surface area contributed by atoms with Gasteiger partial charge in [-0.1, -0.05) is 6.92 Å². The van der Waals surface area contributed by atoms with Gasteiger partial charge in [0.1, 0.15) is 5.82 Å². The maximum Gasteiger partial charge on any atom is 0.279 e. The molecule has 0 saturated heterocycles. The molecule has 2 N–H and O–H groups in total. The van der Waals surface area contributed by atoms with Crippen LogP contribution in [-0.2, 0) is 16.8 Å². The fourth-order valence-corrected chi connectivity index (χ4v) is 2.00. The first-order valence-corrected chi connectivity index (χ1v) is 6.19. The number of H-pyrrole nitrogens is 1. The Morgan fingerprint density at radius 1 is 1.60 bits per heavy atom. The second kappa shape index (κ2) is 5.24. The third-order valence-electron chi connectivity index (χ3n) is 1.87. The highest BCUT2D eigenvalue weighted by molar-refractivity contribution is 7.87. The average molecular weight is 232 g/mol. The first-order valence-electron chi connectivity index (χ1n) is 4.75. The zero-order chi connectivity index (χ0) is 11.3. The molecular formula is C8H16N4O2S. The summed E-state index contributed by atoms with van der Waals surface area (Å²) in [6.07, 6.45) is 4.03. The molecule has 0 saturated carbocycles. The molecule has 0 unspecified atom stereocenters. The summed E-state index contributed by atoms with van der Waals surface area (Å²) >= 11 is 0. The summed E-state index contributed by atoms with van der Waals surface area (Å²) in [6.45, 7) is 2.60. The van der Waals surface area contributed by atoms with Crippen molar-refractivity contribution in [3.63, 3.8) is 0 Å². The Morgan fingerprint density at radius 3 is 2.87 bits per heavy atom. The minimum Gasteiger partial charge on any atom is -0.347 e. The molecule has 0 atom stereocenters. The van der Waals surface area contributed by atoms with Crippen molar-refractivity contribution in [1.82, 2.24) is 19.0 Å². The summed E-state index contributed by atoms with van der Waals surface area (Å²) in [5.41, 5.74) is 0. The molecule has 7 heteroatoms. The van der Waals surface area contributed by atoms with Gasteiger partial charge in [0.2, 0.25) is 0 Å². The standard InChI is InChI=1S/C8H16N4O2S/c1-3-4-11-15(13,14)12(2)7-8-9-5-6-10-8/h5-6,11H,3-4,7H2,1-2H3,(H,9,10). The molecule has 1 rings (SSSR count). The third-order valence-corrected chi connectivity index (χ3v) is 3.39. The van der Waals surface area contributed by atoms with Crippen molar-refractivity contribution < 1.29 is 8.42 Å². The molecule has 0 amide bonds. The first-order chi connectivity index (χ1) is 7.06. The number of nitrogens with zero attached hydrogens (tertiary/aromatic N) is 2. The predicted octanol–water partition coefficient (Wildman–Crippen LogP) is 0.0859. The van der Waals surface area contributed by atoms with Gasteiger partial charge in [-0.3, -0.25) is 0 Å². The fourth-order valence-electron chi connectivity index (χ4n) is 1.02. The van der Waals surface area contributed by atoms with Crippen LogP contribution in [0.1, 0.15) is 19.2 Å². The van der Waals surface area contributed by atoms with Crippen molar-refractivity contribution in [2.45, 2.75) is 19.9 Å². The quantitative estimate of drug-likeness (QED) is 0.729. The van der Waals surface area contributed by atoms with Crippen LogP contribution in [0.3, 0.4) is 0 Å². The van der Waals surface area contributed by atoms with E-state index in [0.717, 1.165) is 6.42 Å². The predicted molar refractivity (Wildman–Crippen MR) is 57.3 cm³/mol. The van der Waals surface area contributed by atoms with Gasteiger partial charge in [-0.15, -0.1) is 0 Å². The van der Waals surface area contributed by atoms with E-state index in [0.29, 0.717) is 12.4 Å². The van der Waals surface area contributed by atoms with Crippen LogP contribution in [0.25, 0.3) is 0 Å². The van der Waals surface area contributed by atoms with Gasteiger partial charge in [0, 0.05) is 26.0 Å². The number of hydrogen-bond donors (Lipinski definition) is 2. The minimum atomic E-state index is -3.38. The van der Waals surface area contributed by atoms with Crippen molar-refractivity contribution in [1.29, 1.82) is 0 Å². The smallest absolute Gasteiger partial charge is 0.279 e. The number of imidazole rings is 1. The van der Waals surface area contributed by atoms with Crippen LogP contribution in [0.4, 0.5) is 0 Å². The monoisotopic (exact) mass is 232 g/mol. The SMILES string of the molecule is CCCNS(=O)(=O)N(C)Cc1ncc[nH]1. The van der Waals surface area contributed by atoms with Gasteiger partial charge < -0.3 is 4.98 Å². The molecule has 0 spiro atoms. The molecule has 0 bridgehead atoms. The van der Waals surface area contributed by atoms with Gasteiger partial charge in [0.25, 0.3) is 10.2 Å². The Hall–Kier alpha value is -0.920. The van der Waals surface area contributed by atoms with Crippen molar-refractivity contribution in [2.24, 2.45) is 0 Å². The number of aromatic amines is 1. The van der Waals surface area contributed by atoms with Crippen LogP contribution in [0.15, 0.2) is 12.4 Å². The van der Waals surface area contributed by atoms with Gasteiger partial charge in [-0.05, 0) is 6.42 Å². The van der Waals surface area contributed by atoms with Gasteiger partial charge in [-0.2, -0.15) is 12.7 Å². The van der Waals surface area contributed by atoms with Gasteiger partial charge in [0.15, 0.2) is 0 Å². The van der Waals surface area contributed by atoms with E-state index in [1.165, 1.54) is 11.4 Å². The fraction of sp³-hybridized carbons (Fsp3) is 0.625. The molecular weight excluding hydrogens is 216 g/mol. The molecule has 0 radical (unpaired) electrons. The number of hydrogen-bond acceptors (Lipinski definition) is 3. The topological polar surface area (TPSA) is 78.1 Å². The first kappa shape index (κ1) is 12.2. The van der Waals surface area contributed by atoms with Gasteiger partial charge >= 0.3 is 0 Å². The molecule has 0 aromatic carbocycles. The highest BCUT2D eigenvalue weighted by atomic mass is 32.2. The largest absolute Gasteiger partial charge is 0.347 e. The van der Waals surface area contributed by atoms with Crippen molar-refractivity contribution in [3.8, 4) is 0 Å². The van der Waals surface area contributed by atoms with E-state index in [1.54, 1.807) is 12.4 Å². The second-order valence-corrected chi connectivity index (χ2v) is 5.05. The molecule has 6 nitrogen and oxygen atoms in total. The lowest BCUT2D eigenvalue weighted by Crippen LogP contribution is -2.38. The summed E-state index contributed by atoms with van der Waals surface area (Å²) in [5.74, 6) is 0.624. The van der Waals surface area contributed by atoms with Crippen LogP contribution in [0.5, 0.6) is 0 Å². The zero-order valence-corrected chi connectivity index (χ0v) is 9.71. The Kier molecular flexibility index (Phi) is 4.25. The molecule has 0 fully saturated rings. The molecule has 1 heterocycles. The van der Waals surface area contributed by atoms with E-state index in [2.05, 4.69) is 14.7 Å². The molecule has 15 heavy (non-hydrogen) atoms. The lowest BCUT2D eigenvalue weighted by Gasteiger charge is -2.15. The lowest BCUT2D eigenvalue weighted by molar-refractivity contribution is 0.447. The number of rotatable bonds is 6. The van der Waals surface area contributed by atoms with Crippen molar-refractivity contribution in [3.05, 3.63) is 18.2 Å². The molecule has 1 aromatic rings. The van der Waals surface area contributed by atoms with Crippen LogP contribution in [0, 0.1) is 0 Å². The number of aromatic nitrogens is 2. The molecule has 0 aliphatic heterocycles. The van der Waals surface area contributed by atoms with E-state index in [1.807, 2.05) is 6.92 Å². The maximum atomic E-state index is 11.6. The summed E-state index contributed by atoms with van der Waals surface area (Å²) < 4.78 is 26.9. The Bertz CT molecular complexity index is 373. The van der Waals surface area contributed by atoms with E-state index >= 15 is 0 Å². The molecule has 0 aliphatic carbocycles. The van der Waals surface area contributed by atoms with E-state index in [4.69, 9.17) is 0 Å². The maximum absolute atomic E-state index is 11.6. The lowest BCUT2D eigenvalue weighted by atomic mass is 10.5. The van der Waals surface area contributed by atoms with E-state index in [9.17, 15) is 8.42 Å². The summed E-state index contributed by atoms with van der Waals surface area (Å²) in [4.78, 5) is 6.81. The Balaban J connectivity index is 2.56. The highest BCUT2D eigenvalue weighted by Gasteiger charge is 2.17. The molecule has 1 aromatic heterocycles. The Labute approximate surface area is 89.9 Å². The second-order valence-electron chi connectivity index (χ2n) is 3.19.